The predicted octanol–water partition coefficient (Wildman–Crippen LogP) is 0.808. The van der Waals surface area contributed by atoms with E-state index in [1.54, 1.807) is 14.8 Å². The quantitative estimate of drug-likeness (QED) is 0.280. The third-order valence-corrected chi connectivity index (χ3v) is 1.13. The summed E-state index contributed by atoms with van der Waals surface area (Å²) in [6.07, 6.45) is 1.25. The topological polar surface area (TPSA) is 80.9 Å². The molecular weight excluding hydrogens is 159 g/mol. The maximum absolute atomic E-state index is 9.08. The zero-order valence-corrected chi connectivity index (χ0v) is 6.94. The molecule has 66 valence electrons. The van der Waals surface area contributed by atoms with Gasteiger partial charge in [-0.1, -0.05) is 5.47 Å². The number of aliphatic hydroxyl groups is 4. The van der Waals surface area contributed by atoms with Gasteiger partial charge in [-0.05, 0) is 6.92 Å². The lowest BCUT2D eigenvalue weighted by Gasteiger charge is -2.00. The van der Waals surface area contributed by atoms with Crippen LogP contribution in [0.2, 0.25) is 0 Å². The van der Waals surface area contributed by atoms with Crippen molar-refractivity contribution in [3.63, 3.8) is 0 Å². The van der Waals surface area contributed by atoms with Crippen molar-refractivity contribution in [3.8, 4) is 0 Å². The summed E-state index contributed by atoms with van der Waals surface area (Å²) in [5, 5.41) is 35.1. The molecule has 0 unspecified atom stereocenters. The van der Waals surface area contributed by atoms with Gasteiger partial charge in [0.05, 0.1) is 0 Å². The second-order valence-corrected chi connectivity index (χ2v) is 2.43. The number of allylic oxidation sites excluding steroid dienone is 2. The Morgan fingerprint density at radius 1 is 1.25 bits per heavy atom. The second-order valence-electron chi connectivity index (χ2n) is 2.43. The van der Waals surface area contributed by atoms with Crippen LogP contribution in [-0.2, 0) is 0 Å². The molecule has 0 aliphatic carbocycles. The molecule has 0 saturated heterocycles. The summed E-state index contributed by atoms with van der Waals surface area (Å²) < 4.78 is 0. The lowest BCUT2D eigenvalue weighted by atomic mass is 9.96. The summed E-state index contributed by atoms with van der Waals surface area (Å²) >= 11 is 0. The largest absolute Gasteiger partial charge is 0.512 e. The SMILES string of the molecule is B/C(C)=C(O)/C(O)=C\C(O)=C\O. The summed E-state index contributed by atoms with van der Waals surface area (Å²) in [5.74, 6) is -1.33. The molecule has 0 atom stereocenters. The molecule has 12 heavy (non-hydrogen) atoms. The van der Waals surface area contributed by atoms with E-state index in [1.165, 1.54) is 0 Å². The Hall–Kier alpha value is -1.52. The minimum Gasteiger partial charge on any atom is -0.512 e. The average Bonchev–Trinajstić information content (AvgIpc) is 2.02. The van der Waals surface area contributed by atoms with Gasteiger partial charge in [0.25, 0.3) is 0 Å². The van der Waals surface area contributed by atoms with E-state index in [0.29, 0.717) is 11.7 Å². The zero-order chi connectivity index (χ0) is 9.72. The molecule has 0 bridgehead atoms. The number of hydrogen-bond acceptors (Lipinski definition) is 4. The van der Waals surface area contributed by atoms with Gasteiger partial charge >= 0.3 is 0 Å². The molecule has 0 fully saturated rings. The molecular formula is C7H11BO4. The first-order chi connectivity index (χ1) is 5.49. The molecule has 0 heterocycles. The first-order valence-electron chi connectivity index (χ1n) is 3.30. The average molecular weight is 170 g/mol. The van der Waals surface area contributed by atoms with Crippen LogP contribution in [-0.4, -0.2) is 28.3 Å². The molecule has 0 aromatic rings. The van der Waals surface area contributed by atoms with Crippen LogP contribution in [0, 0.1) is 0 Å². The van der Waals surface area contributed by atoms with Crippen LogP contribution in [0.1, 0.15) is 6.92 Å². The standard InChI is InChI=1S/C7H11BO4/c1-4(8)7(12)6(11)2-5(10)3-9/h2-3,9-12H,8H2,1H3/b5-3-,6-2+,7-4-. The normalized spacial score (nSPS) is 15.8. The summed E-state index contributed by atoms with van der Waals surface area (Å²) in [5.41, 5.74) is 0.509. The first kappa shape index (κ1) is 10.5. The molecule has 0 amide bonds. The highest BCUT2D eigenvalue weighted by Gasteiger charge is 2.02. The maximum atomic E-state index is 9.08. The Balaban J connectivity index is 4.73. The molecule has 0 rings (SSSR count). The first-order valence-corrected chi connectivity index (χ1v) is 3.30. The van der Waals surface area contributed by atoms with E-state index in [9.17, 15) is 0 Å². The third kappa shape index (κ3) is 3.05. The van der Waals surface area contributed by atoms with Gasteiger partial charge in [-0.25, -0.2) is 0 Å². The molecule has 4 nitrogen and oxygen atoms in total. The molecule has 5 heteroatoms. The van der Waals surface area contributed by atoms with E-state index in [1.807, 2.05) is 0 Å². The molecule has 0 radical (unpaired) electrons. The Morgan fingerprint density at radius 2 is 1.75 bits per heavy atom. The Labute approximate surface area is 71.2 Å². The molecule has 0 saturated carbocycles. The maximum Gasteiger partial charge on any atom is 0.160 e. The van der Waals surface area contributed by atoms with Crippen LogP contribution < -0.4 is 0 Å². The van der Waals surface area contributed by atoms with Crippen molar-refractivity contribution >= 4 is 7.85 Å². The van der Waals surface area contributed by atoms with Crippen LogP contribution in [0.15, 0.2) is 35.1 Å². The van der Waals surface area contributed by atoms with Crippen LogP contribution in [0.25, 0.3) is 0 Å². The third-order valence-electron chi connectivity index (χ3n) is 1.13. The molecule has 0 spiro atoms. The summed E-state index contributed by atoms with van der Waals surface area (Å²) in [7, 11) is 1.60. The van der Waals surface area contributed by atoms with E-state index in [2.05, 4.69) is 0 Å². The van der Waals surface area contributed by atoms with Crippen LogP contribution in [0.4, 0.5) is 0 Å². The highest BCUT2D eigenvalue weighted by molar-refractivity contribution is 6.21. The summed E-state index contributed by atoms with van der Waals surface area (Å²) in [6, 6.07) is 0. The number of rotatable bonds is 2. The predicted molar refractivity (Wildman–Crippen MR) is 47.9 cm³/mol. The molecule has 4 N–H and O–H groups in total. The molecule has 0 aromatic carbocycles. The zero-order valence-electron chi connectivity index (χ0n) is 6.94. The van der Waals surface area contributed by atoms with E-state index in [0.717, 1.165) is 6.08 Å². The second kappa shape index (κ2) is 4.38. The van der Waals surface area contributed by atoms with Crippen LogP contribution >= 0.6 is 0 Å². The van der Waals surface area contributed by atoms with E-state index in [4.69, 9.17) is 20.4 Å². The minimum absolute atomic E-state index is 0.316. The molecule has 0 aliphatic heterocycles. The van der Waals surface area contributed by atoms with Crippen molar-refractivity contribution < 1.29 is 20.4 Å². The van der Waals surface area contributed by atoms with E-state index in [-0.39, 0.29) is 5.76 Å². The van der Waals surface area contributed by atoms with Crippen LogP contribution in [0.5, 0.6) is 0 Å². The summed E-state index contributed by atoms with van der Waals surface area (Å²) in [4.78, 5) is 0. The van der Waals surface area contributed by atoms with Gasteiger partial charge < -0.3 is 20.4 Å². The van der Waals surface area contributed by atoms with Gasteiger partial charge in [-0.15, -0.1) is 0 Å². The lowest BCUT2D eigenvalue weighted by molar-refractivity contribution is 0.317. The van der Waals surface area contributed by atoms with Crippen LogP contribution in [0.3, 0.4) is 0 Å². The fraction of sp³-hybridized carbons (Fsp3) is 0.143. The van der Waals surface area contributed by atoms with Gasteiger partial charge in [0.15, 0.2) is 11.5 Å². The van der Waals surface area contributed by atoms with Gasteiger partial charge in [0.2, 0.25) is 0 Å². The van der Waals surface area contributed by atoms with Crippen molar-refractivity contribution in [2.24, 2.45) is 0 Å². The smallest absolute Gasteiger partial charge is 0.160 e. The highest BCUT2D eigenvalue weighted by atomic mass is 16.3. The molecule has 0 aliphatic rings. The van der Waals surface area contributed by atoms with Crippen molar-refractivity contribution in [2.45, 2.75) is 6.92 Å². The fourth-order valence-electron chi connectivity index (χ4n) is 0.502. The minimum atomic E-state index is -0.527. The van der Waals surface area contributed by atoms with E-state index < -0.39 is 11.5 Å². The van der Waals surface area contributed by atoms with Gasteiger partial charge in [-0.2, -0.15) is 0 Å². The Morgan fingerprint density at radius 3 is 2.08 bits per heavy atom. The van der Waals surface area contributed by atoms with Crippen molar-refractivity contribution in [1.82, 2.24) is 0 Å². The molecule has 0 aromatic heterocycles. The Bertz CT molecular complexity index is 248. The van der Waals surface area contributed by atoms with Crippen molar-refractivity contribution in [2.75, 3.05) is 0 Å². The van der Waals surface area contributed by atoms with Gasteiger partial charge in [0.1, 0.15) is 19.9 Å². The lowest BCUT2D eigenvalue weighted by Crippen LogP contribution is -1.93. The highest BCUT2D eigenvalue weighted by Crippen LogP contribution is 2.08. The van der Waals surface area contributed by atoms with E-state index >= 15 is 0 Å². The van der Waals surface area contributed by atoms with Gasteiger partial charge in [-0.3, -0.25) is 0 Å². The number of hydrogen-bond donors (Lipinski definition) is 4. The Kier molecular flexibility index (Phi) is 3.83. The summed E-state index contributed by atoms with van der Waals surface area (Å²) in [6.45, 7) is 1.60. The van der Waals surface area contributed by atoms with Crippen molar-refractivity contribution in [1.29, 1.82) is 0 Å². The van der Waals surface area contributed by atoms with Crippen molar-refractivity contribution in [3.05, 3.63) is 35.1 Å². The fourth-order valence-corrected chi connectivity index (χ4v) is 0.502. The number of aliphatic hydroxyl groups excluding tert-OH is 4. The monoisotopic (exact) mass is 170 g/mol. The van der Waals surface area contributed by atoms with Gasteiger partial charge in [0, 0.05) is 6.08 Å².